The van der Waals surface area contributed by atoms with Crippen LogP contribution in [0.25, 0.3) is 0 Å². The van der Waals surface area contributed by atoms with Gasteiger partial charge in [-0.15, -0.1) is 0 Å². The first-order valence-electron chi connectivity index (χ1n) is 6.71. The van der Waals surface area contributed by atoms with Crippen molar-refractivity contribution in [2.75, 3.05) is 84.6 Å². The number of nitrogens with zero attached hydrogens (tertiary/aromatic N) is 6. The Kier molecular flexibility index (Phi) is 12.2. The van der Waals surface area contributed by atoms with Gasteiger partial charge in [-0.25, -0.2) is 0 Å². The molecule has 0 bridgehead atoms. The van der Waals surface area contributed by atoms with E-state index in [1.165, 1.54) is 0 Å². The van der Waals surface area contributed by atoms with Crippen LogP contribution in [-0.4, -0.2) is 131 Å². The van der Waals surface area contributed by atoms with Crippen LogP contribution >= 0.6 is 0 Å². The molecule has 0 spiro atoms. The lowest BCUT2D eigenvalue weighted by atomic mass is 11.2. The number of hydrogen-bond donors (Lipinski definition) is 0. The molecule has 0 aromatic rings. The van der Waals surface area contributed by atoms with Crippen molar-refractivity contribution in [2.24, 2.45) is 0 Å². The average molecular weight is 321 g/mol. The lowest BCUT2D eigenvalue weighted by molar-refractivity contribution is 0.420. The Balaban J connectivity index is 0. The normalized spacial score (nSPS) is 12.6. The van der Waals surface area contributed by atoms with Gasteiger partial charge in [0, 0.05) is 0 Å². The number of hydrogen-bond acceptors (Lipinski definition) is 6. The van der Waals surface area contributed by atoms with Crippen molar-refractivity contribution in [2.45, 2.75) is 0 Å². The van der Waals surface area contributed by atoms with Crippen LogP contribution in [0, 0.1) is 0 Å². The SMILES string of the molecule is CN(C)[Si](N(C)C)N(C)C.CN(C)[Si](N(C)C)N(C)C. The molecular formula is C12H36N6Si2. The molecular weight excluding hydrogens is 284 g/mol. The minimum absolute atomic E-state index is 0.596. The quantitative estimate of drug-likeness (QED) is 0.599. The molecule has 0 aliphatic carbocycles. The van der Waals surface area contributed by atoms with E-state index in [9.17, 15) is 0 Å². The van der Waals surface area contributed by atoms with Gasteiger partial charge in [-0.05, 0) is 84.6 Å². The Morgan fingerprint density at radius 3 is 0.400 bits per heavy atom. The molecule has 2 radical (unpaired) electrons. The van der Waals surface area contributed by atoms with Crippen LogP contribution in [0.4, 0.5) is 0 Å². The van der Waals surface area contributed by atoms with E-state index in [4.69, 9.17) is 0 Å². The molecule has 0 aliphatic heterocycles. The Labute approximate surface area is 131 Å². The highest BCUT2D eigenvalue weighted by Gasteiger charge is 2.21. The molecule has 0 unspecified atom stereocenters. The van der Waals surface area contributed by atoms with Crippen LogP contribution in [0.5, 0.6) is 0 Å². The molecule has 0 fully saturated rings. The minimum Gasteiger partial charge on any atom is -0.304 e. The molecule has 0 saturated carbocycles. The Hall–Kier alpha value is 0.194. The zero-order valence-corrected chi connectivity index (χ0v) is 17.7. The van der Waals surface area contributed by atoms with Crippen LogP contribution in [-0.2, 0) is 0 Å². The van der Waals surface area contributed by atoms with E-state index in [-0.39, 0.29) is 0 Å². The zero-order chi connectivity index (χ0) is 16.6. The fraction of sp³-hybridized carbons (Fsp3) is 1.00. The summed E-state index contributed by atoms with van der Waals surface area (Å²) in [6.45, 7) is 0. The third-order valence-corrected chi connectivity index (χ3v) is 7.20. The van der Waals surface area contributed by atoms with Crippen LogP contribution in [0.3, 0.4) is 0 Å². The van der Waals surface area contributed by atoms with E-state index in [0.717, 1.165) is 0 Å². The Bertz CT molecular complexity index is 172. The van der Waals surface area contributed by atoms with Crippen molar-refractivity contribution < 1.29 is 0 Å². The highest BCUT2D eigenvalue weighted by Crippen LogP contribution is 1.94. The second-order valence-electron chi connectivity index (χ2n) is 5.97. The average Bonchev–Trinajstić information content (AvgIpc) is 2.12. The van der Waals surface area contributed by atoms with E-state index >= 15 is 0 Å². The first-order valence-corrected chi connectivity index (χ1v) is 9.39. The molecule has 122 valence electrons. The molecule has 0 atom stereocenters. The van der Waals surface area contributed by atoms with Crippen molar-refractivity contribution in [3.05, 3.63) is 0 Å². The fourth-order valence-electron chi connectivity index (χ4n) is 2.40. The van der Waals surface area contributed by atoms with Crippen molar-refractivity contribution in [3.8, 4) is 0 Å². The second kappa shape index (κ2) is 10.9. The van der Waals surface area contributed by atoms with E-state index in [1.807, 2.05) is 0 Å². The van der Waals surface area contributed by atoms with Gasteiger partial charge in [0.15, 0.2) is 0 Å². The Morgan fingerprint density at radius 1 is 0.300 bits per heavy atom. The maximum absolute atomic E-state index is 2.27. The highest BCUT2D eigenvalue weighted by molar-refractivity contribution is 6.49. The summed E-state index contributed by atoms with van der Waals surface area (Å²) in [5.41, 5.74) is 0. The second-order valence-corrected chi connectivity index (χ2v) is 12.5. The first-order chi connectivity index (χ1) is 8.93. The predicted octanol–water partition coefficient (Wildman–Crippen LogP) is -0.688. The summed E-state index contributed by atoms with van der Waals surface area (Å²) in [5.74, 6) is 0. The van der Waals surface area contributed by atoms with E-state index < -0.39 is 18.6 Å². The largest absolute Gasteiger partial charge is 0.326 e. The molecule has 0 amide bonds. The van der Waals surface area contributed by atoms with Crippen LogP contribution in [0.2, 0.25) is 0 Å². The summed E-state index contributed by atoms with van der Waals surface area (Å²) in [7, 11) is 24.2. The summed E-state index contributed by atoms with van der Waals surface area (Å²) in [6, 6.07) is 0. The van der Waals surface area contributed by atoms with Gasteiger partial charge in [-0.2, -0.15) is 0 Å². The lowest BCUT2D eigenvalue weighted by Gasteiger charge is -2.31. The molecule has 0 aliphatic rings. The minimum atomic E-state index is -0.596. The van der Waals surface area contributed by atoms with Crippen molar-refractivity contribution in [3.63, 3.8) is 0 Å². The van der Waals surface area contributed by atoms with Crippen LogP contribution in [0.15, 0.2) is 0 Å². The predicted molar refractivity (Wildman–Crippen MR) is 93.6 cm³/mol. The third-order valence-electron chi connectivity index (χ3n) is 2.40. The smallest absolute Gasteiger partial charge is 0.304 e. The maximum Gasteiger partial charge on any atom is 0.326 e. The molecule has 0 N–H and O–H groups in total. The molecule has 0 aromatic carbocycles. The van der Waals surface area contributed by atoms with Gasteiger partial charge in [0.05, 0.1) is 0 Å². The van der Waals surface area contributed by atoms with Gasteiger partial charge in [0.25, 0.3) is 0 Å². The van der Waals surface area contributed by atoms with Gasteiger partial charge >= 0.3 is 18.6 Å². The molecule has 0 aromatic heterocycles. The summed E-state index contributed by atoms with van der Waals surface area (Å²) in [6.07, 6.45) is 0. The molecule has 0 saturated heterocycles. The van der Waals surface area contributed by atoms with E-state index in [1.54, 1.807) is 0 Å². The number of rotatable bonds is 6. The van der Waals surface area contributed by atoms with Crippen molar-refractivity contribution >= 4 is 18.6 Å². The van der Waals surface area contributed by atoms with Gasteiger partial charge in [-0.1, -0.05) is 0 Å². The highest BCUT2D eigenvalue weighted by atomic mass is 28.3. The summed E-state index contributed by atoms with van der Waals surface area (Å²) < 4.78 is 13.6. The monoisotopic (exact) mass is 320 g/mol. The molecule has 6 nitrogen and oxygen atoms in total. The maximum atomic E-state index is 2.27. The molecule has 20 heavy (non-hydrogen) atoms. The van der Waals surface area contributed by atoms with Crippen LogP contribution < -0.4 is 0 Å². The summed E-state index contributed by atoms with van der Waals surface area (Å²) in [5, 5.41) is 0. The topological polar surface area (TPSA) is 19.4 Å². The van der Waals surface area contributed by atoms with Crippen molar-refractivity contribution in [1.29, 1.82) is 0 Å². The standard InChI is InChI=1S/2C6H18N3Si/c2*1-7(2)10(8(3)4)9(5)6/h2*1-6H3. The van der Waals surface area contributed by atoms with Gasteiger partial charge in [-0.3, -0.25) is 0 Å². The van der Waals surface area contributed by atoms with Gasteiger partial charge < -0.3 is 27.4 Å². The molecule has 0 rings (SSSR count). The third kappa shape index (κ3) is 9.19. The lowest BCUT2D eigenvalue weighted by Crippen LogP contribution is -2.55. The van der Waals surface area contributed by atoms with Crippen LogP contribution in [0.1, 0.15) is 0 Å². The van der Waals surface area contributed by atoms with E-state index in [2.05, 4.69) is 112 Å². The van der Waals surface area contributed by atoms with E-state index in [0.29, 0.717) is 0 Å². The van der Waals surface area contributed by atoms with Crippen molar-refractivity contribution in [1.82, 2.24) is 27.4 Å². The molecule has 0 heterocycles. The summed E-state index contributed by atoms with van der Waals surface area (Å²) >= 11 is 0. The Morgan fingerprint density at radius 2 is 0.400 bits per heavy atom. The molecule has 8 heteroatoms. The first kappa shape index (κ1) is 22.5. The van der Waals surface area contributed by atoms with Gasteiger partial charge in [0.2, 0.25) is 0 Å². The fourth-order valence-corrected chi connectivity index (χ4v) is 7.20. The zero-order valence-electron chi connectivity index (χ0n) is 15.7. The van der Waals surface area contributed by atoms with Gasteiger partial charge in [0.1, 0.15) is 0 Å². The summed E-state index contributed by atoms with van der Waals surface area (Å²) in [4.78, 5) is 0.